The van der Waals surface area contributed by atoms with Gasteiger partial charge in [0, 0.05) is 17.3 Å². The van der Waals surface area contributed by atoms with Gasteiger partial charge in [-0.3, -0.25) is 4.79 Å². The van der Waals surface area contributed by atoms with Crippen LogP contribution in [0.25, 0.3) is 0 Å². The molecule has 0 saturated carbocycles. The van der Waals surface area contributed by atoms with E-state index in [1.54, 1.807) is 36.4 Å². The summed E-state index contributed by atoms with van der Waals surface area (Å²) in [6, 6.07) is 16.6. The quantitative estimate of drug-likeness (QED) is 0.470. The van der Waals surface area contributed by atoms with Crippen molar-refractivity contribution in [3.8, 4) is 0 Å². The van der Waals surface area contributed by atoms with Gasteiger partial charge in [0.05, 0.1) is 17.0 Å². The fourth-order valence-electron chi connectivity index (χ4n) is 2.98. The molecular formula is C23H20ClF3N2O3S. The van der Waals surface area contributed by atoms with Gasteiger partial charge < -0.3 is 5.32 Å². The first-order chi connectivity index (χ1) is 15.4. The number of hydrogen-bond donors (Lipinski definition) is 1. The van der Waals surface area contributed by atoms with E-state index in [0.717, 1.165) is 34.1 Å². The van der Waals surface area contributed by atoms with E-state index >= 15 is 0 Å². The predicted molar refractivity (Wildman–Crippen MR) is 120 cm³/mol. The molecule has 3 aromatic carbocycles. The molecule has 0 radical (unpaired) electrons. The van der Waals surface area contributed by atoms with Crippen LogP contribution in [0, 0.1) is 6.92 Å². The molecule has 0 saturated heterocycles. The Balaban J connectivity index is 1.83. The Morgan fingerprint density at radius 2 is 1.52 bits per heavy atom. The van der Waals surface area contributed by atoms with Crippen LogP contribution in [0.2, 0.25) is 5.02 Å². The Hall–Kier alpha value is -2.88. The minimum atomic E-state index is -4.50. The lowest BCUT2D eigenvalue weighted by Crippen LogP contribution is -2.37. The maximum Gasteiger partial charge on any atom is 0.416 e. The van der Waals surface area contributed by atoms with Crippen molar-refractivity contribution >= 4 is 33.2 Å². The third-order valence-corrected chi connectivity index (χ3v) is 6.80. The fraction of sp³-hybridized carbons (Fsp3) is 0.174. The zero-order chi connectivity index (χ0) is 24.2. The average Bonchev–Trinajstić information content (AvgIpc) is 2.75. The number of rotatable bonds is 7. The van der Waals surface area contributed by atoms with Crippen LogP contribution in [0.1, 0.15) is 16.7 Å². The van der Waals surface area contributed by atoms with Gasteiger partial charge >= 0.3 is 6.18 Å². The maximum absolute atomic E-state index is 13.3. The Bertz CT molecular complexity index is 1210. The molecule has 33 heavy (non-hydrogen) atoms. The number of carbonyl (C=O) groups is 1. The number of halogens is 4. The summed E-state index contributed by atoms with van der Waals surface area (Å²) in [6.45, 7) is 1.17. The van der Waals surface area contributed by atoms with E-state index in [0.29, 0.717) is 10.6 Å². The normalized spacial score (nSPS) is 12.1. The van der Waals surface area contributed by atoms with Gasteiger partial charge in [0.25, 0.3) is 0 Å². The van der Waals surface area contributed by atoms with Gasteiger partial charge in [-0.05, 0) is 61.0 Å². The van der Waals surface area contributed by atoms with Crippen LogP contribution in [-0.2, 0) is 27.5 Å². The third kappa shape index (κ3) is 6.56. The van der Waals surface area contributed by atoms with Crippen LogP contribution in [-0.4, -0.2) is 25.2 Å². The molecule has 0 fully saturated rings. The predicted octanol–water partition coefficient (Wildman–Crippen LogP) is 5.50. The second-order valence-electron chi connectivity index (χ2n) is 7.34. The van der Waals surface area contributed by atoms with Gasteiger partial charge in [-0.1, -0.05) is 41.4 Å². The van der Waals surface area contributed by atoms with E-state index in [9.17, 15) is 26.4 Å². The molecule has 0 bridgehead atoms. The van der Waals surface area contributed by atoms with Crippen LogP contribution in [0.3, 0.4) is 0 Å². The molecular weight excluding hydrogens is 477 g/mol. The van der Waals surface area contributed by atoms with Gasteiger partial charge in [0.2, 0.25) is 15.9 Å². The molecule has 1 amide bonds. The number of hydrogen-bond acceptors (Lipinski definition) is 3. The van der Waals surface area contributed by atoms with Crippen molar-refractivity contribution in [3.63, 3.8) is 0 Å². The number of carbonyl (C=O) groups excluding carboxylic acids is 1. The number of nitrogens with zero attached hydrogens (tertiary/aromatic N) is 1. The zero-order valence-corrected chi connectivity index (χ0v) is 19.0. The number of anilines is 1. The Morgan fingerprint density at radius 3 is 2.06 bits per heavy atom. The van der Waals surface area contributed by atoms with Crippen molar-refractivity contribution in [2.45, 2.75) is 24.5 Å². The SMILES string of the molecule is Cc1ccc(S(=O)(=O)N(CC(=O)Nc2ccc(C(F)(F)F)cc2)Cc2ccc(Cl)cc2)cc1. The van der Waals surface area contributed by atoms with E-state index in [1.807, 2.05) is 6.92 Å². The molecule has 1 N–H and O–H groups in total. The monoisotopic (exact) mass is 496 g/mol. The lowest BCUT2D eigenvalue weighted by atomic mass is 10.2. The van der Waals surface area contributed by atoms with E-state index < -0.39 is 34.2 Å². The number of amides is 1. The van der Waals surface area contributed by atoms with Gasteiger partial charge in [-0.15, -0.1) is 0 Å². The summed E-state index contributed by atoms with van der Waals surface area (Å²) in [7, 11) is -4.05. The van der Waals surface area contributed by atoms with E-state index in [4.69, 9.17) is 11.6 Å². The molecule has 0 aliphatic rings. The van der Waals surface area contributed by atoms with Crippen LogP contribution in [0.4, 0.5) is 18.9 Å². The summed E-state index contributed by atoms with van der Waals surface area (Å²) >= 11 is 5.90. The van der Waals surface area contributed by atoms with Crippen LogP contribution in [0.5, 0.6) is 0 Å². The molecule has 3 aromatic rings. The molecule has 0 aliphatic heterocycles. The highest BCUT2D eigenvalue weighted by Crippen LogP contribution is 2.30. The zero-order valence-electron chi connectivity index (χ0n) is 17.4. The summed E-state index contributed by atoms with van der Waals surface area (Å²) in [6.07, 6.45) is -4.50. The molecule has 0 aliphatic carbocycles. The highest BCUT2D eigenvalue weighted by Gasteiger charge is 2.30. The molecule has 5 nitrogen and oxygen atoms in total. The Labute approximate surface area is 194 Å². The Kier molecular flexibility index (Phi) is 7.46. The summed E-state index contributed by atoms with van der Waals surface area (Å²) in [5, 5.41) is 2.92. The number of benzene rings is 3. The summed E-state index contributed by atoms with van der Waals surface area (Å²) in [5.74, 6) is -0.695. The van der Waals surface area contributed by atoms with Crippen molar-refractivity contribution in [1.82, 2.24) is 4.31 Å². The van der Waals surface area contributed by atoms with Crippen molar-refractivity contribution in [2.24, 2.45) is 0 Å². The highest BCUT2D eigenvalue weighted by molar-refractivity contribution is 7.89. The molecule has 0 spiro atoms. The van der Waals surface area contributed by atoms with Crippen LogP contribution >= 0.6 is 11.6 Å². The van der Waals surface area contributed by atoms with Crippen LogP contribution < -0.4 is 5.32 Å². The van der Waals surface area contributed by atoms with Gasteiger partial charge in [-0.25, -0.2) is 8.42 Å². The molecule has 0 aromatic heterocycles. The van der Waals surface area contributed by atoms with E-state index in [2.05, 4.69) is 5.32 Å². The van der Waals surface area contributed by atoms with E-state index in [1.165, 1.54) is 12.1 Å². The van der Waals surface area contributed by atoms with Gasteiger partial charge in [0.1, 0.15) is 0 Å². The van der Waals surface area contributed by atoms with Crippen molar-refractivity contribution in [3.05, 3.63) is 94.5 Å². The molecule has 174 valence electrons. The largest absolute Gasteiger partial charge is 0.416 e. The number of nitrogens with one attached hydrogen (secondary N) is 1. The summed E-state index contributed by atoms with van der Waals surface area (Å²) in [4.78, 5) is 12.6. The molecule has 0 heterocycles. The second-order valence-corrected chi connectivity index (χ2v) is 9.71. The molecule has 0 atom stereocenters. The lowest BCUT2D eigenvalue weighted by Gasteiger charge is -2.22. The second kappa shape index (κ2) is 9.94. The summed E-state index contributed by atoms with van der Waals surface area (Å²) < 4.78 is 65.7. The van der Waals surface area contributed by atoms with Crippen molar-refractivity contribution in [2.75, 3.05) is 11.9 Å². The third-order valence-electron chi connectivity index (χ3n) is 4.75. The number of aryl methyl sites for hydroxylation is 1. The maximum atomic E-state index is 13.3. The molecule has 3 rings (SSSR count). The first-order valence-corrected chi connectivity index (χ1v) is 11.6. The lowest BCUT2D eigenvalue weighted by molar-refractivity contribution is -0.137. The first kappa shape index (κ1) is 24.8. The standard InChI is InChI=1S/C23H20ClF3N2O3S/c1-16-2-12-21(13-3-16)33(31,32)29(14-17-4-8-19(24)9-5-17)15-22(30)28-20-10-6-18(7-11-20)23(25,26)27/h2-13H,14-15H2,1H3,(H,28,30). The molecule has 0 unspecified atom stereocenters. The fourth-order valence-corrected chi connectivity index (χ4v) is 4.49. The number of sulfonamides is 1. The highest BCUT2D eigenvalue weighted by atomic mass is 35.5. The summed E-state index contributed by atoms with van der Waals surface area (Å²) in [5.41, 5.74) is 0.745. The smallest absolute Gasteiger partial charge is 0.325 e. The van der Waals surface area contributed by atoms with Gasteiger partial charge in [0.15, 0.2) is 0 Å². The van der Waals surface area contributed by atoms with Crippen molar-refractivity contribution in [1.29, 1.82) is 0 Å². The van der Waals surface area contributed by atoms with Crippen molar-refractivity contribution < 1.29 is 26.4 Å². The molecule has 10 heteroatoms. The minimum absolute atomic E-state index is 0.0180. The first-order valence-electron chi connectivity index (χ1n) is 9.73. The van der Waals surface area contributed by atoms with E-state index in [-0.39, 0.29) is 17.1 Å². The topological polar surface area (TPSA) is 66.5 Å². The average molecular weight is 497 g/mol. The minimum Gasteiger partial charge on any atom is -0.325 e. The number of alkyl halides is 3. The van der Waals surface area contributed by atoms with Crippen LogP contribution in [0.15, 0.2) is 77.7 Å². The Morgan fingerprint density at radius 1 is 0.939 bits per heavy atom. The van der Waals surface area contributed by atoms with Gasteiger partial charge in [-0.2, -0.15) is 17.5 Å².